The SMILES string of the molecule is COC(=O)[C@@H]1Cc2ccccc2N1C(=O)c1ccc(N(C)C)nc1. The minimum Gasteiger partial charge on any atom is -0.467 e. The number of methoxy groups -OCH3 is 1. The topological polar surface area (TPSA) is 62.7 Å². The second kappa shape index (κ2) is 6.31. The van der Waals surface area contributed by atoms with Crippen LogP contribution >= 0.6 is 0 Å². The number of benzene rings is 1. The van der Waals surface area contributed by atoms with Crippen LogP contribution in [0.3, 0.4) is 0 Å². The summed E-state index contributed by atoms with van der Waals surface area (Å²) in [6.45, 7) is 0. The van der Waals surface area contributed by atoms with Crippen LogP contribution in [-0.2, 0) is 16.0 Å². The highest BCUT2D eigenvalue weighted by Crippen LogP contribution is 2.33. The van der Waals surface area contributed by atoms with Gasteiger partial charge in [-0.15, -0.1) is 0 Å². The van der Waals surface area contributed by atoms with Crippen LogP contribution in [0.1, 0.15) is 15.9 Å². The number of fused-ring (bicyclic) bond motifs is 1. The Hall–Kier alpha value is -2.89. The largest absolute Gasteiger partial charge is 0.467 e. The number of rotatable bonds is 3. The van der Waals surface area contributed by atoms with Crippen LogP contribution in [0.15, 0.2) is 42.6 Å². The number of hydrogen-bond acceptors (Lipinski definition) is 5. The van der Waals surface area contributed by atoms with E-state index < -0.39 is 12.0 Å². The van der Waals surface area contributed by atoms with E-state index in [1.165, 1.54) is 18.2 Å². The lowest BCUT2D eigenvalue weighted by Gasteiger charge is -2.24. The fourth-order valence-corrected chi connectivity index (χ4v) is 2.88. The quantitative estimate of drug-likeness (QED) is 0.807. The van der Waals surface area contributed by atoms with Crippen molar-refractivity contribution in [1.82, 2.24) is 4.98 Å². The van der Waals surface area contributed by atoms with E-state index in [1.54, 1.807) is 12.1 Å². The number of nitrogens with zero attached hydrogens (tertiary/aromatic N) is 3. The lowest BCUT2D eigenvalue weighted by Crippen LogP contribution is -2.43. The van der Waals surface area contributed by atoms with Gasteiger partial charge in [-0.05, 0) is 23.8 Å². The Morgan fingerprint density at radius 1 is 1.21 bits per heavy atom. The molecule has 0 unspecified atom stereocenters. The minimum atomic E-state index is -0.645. The van der Waals surface area contributed by atoms with Gasteiger partial charge in [0, 0.05) is 32.4 Å². The Balaban J connectivity index is 1.97. The minimum absolute atomic E-state index is 0.256. The van der Waals surface area contributed by atoms with Crippen LogP contribution in [0.5, 0.6) is 0 Å². The number of esters is 1. The van der Waals surface area contributed by atoms with E-state index in [0.29, 0.717) is 12.0 Å². The van der Waals surface area contributed by atoms with Crippen LogP contribution in [0.4, 0.5) is 11.5 Å². The number of pyridine rings is 1. The molecule has 1 atom stereocenters. The monoisotopic (exact) mass is 325 g/mol. The molecule has 0 spiro atoms. The van der Waals surface area contributed by atoms with E-state index in [1.807, 2.05) is 43.3 Å². The molecule has 6 nitrogen and oxygen atoms in total. The zero-order valence-electron chi connectivity index (χ0n) is 13.9. The van der Waals surface area contributed by atoms with Crippen molar-refractivity contribution in [2.45, 2.75) is 12.5 Å². The molecule has 2 heterocycles. The Bertz CT molecular complexity index is 771. The molecular weight excluding hydrogens is 306 g/mol. The maximum Gasteiger partial charge on any atom is 0.329 e. The number of carbonyl (C=O) groups excluding carboxylic acids is 2. The first-order valence-electron chi connectivity index (χ1n) is 7.65. The zero-order chi connectivity index (χ0) is 17.3. The molecule has 6 heteroatoms. The molecule has 1 aromatic carbocycles. The van der Waals surface area contributed by atoms with Gasteiger partial charge in [-0.3, -0.25) is 9.69 Å². The highest BCUT2D eigenvalue weighted by Gasteiger charge is 2.39. The molecule has 1 aliphatic rings. The number of hydrogen-bond donors (Lipinski definition) is 0. The predicted octanol–water partition coefficient (Wildman–Crippen LogP) is 1.89. The van der Waals surface area contributed by atoms with Crippen LogP contribution in [0.2, 0.25) is 0 Å². The van der Waals surface area contributed by atoms with Crippen LogP contribution in [0, 0.1) is 0 Å². The molecule has 24 heavy (non-hydrogen) atoms. The fraction of sp³-hybridized carbons (Fsp3) is 0.278. The van der Waals surface area contributed by atoms with Crippen molar-refractivity contribution in [3.8, 4) is 0 Å². The number of para-hydroxylation sites is 1. The van der Waals surface area contributed by atoms with Gasteiger partial charge in [0.1, 0.15) is 11.9 Å². The van der Waals surface area contributed by atoms with Crippen LogP contribution in [0.25, 0.3) is 0 Å². The normalized spacial score (nSPS) is 15.8. The third-order valence-corrected chi connectivity index (χ3v) is 4.12. The van der Waals surface area contributed by atoms with Crippen molar-refractivity contribution in [3.05, 3.63) is 53.7 Å². The van der Waals surface area contributed by atoms with Crippen molar-refractivity contribution in [2.75, 3.05) is 31.0 Å². The first kappa shape index (κ1) is 16.0. The van der Waals surface area contributed by atoms with E-state index >= 15 is 0 Å². The average molecular weight is 325 g/mol. The highest BCUT2D eigenvalue weighted by atomic mass is 16.5. The molecule has 0 bridgehead atoms. The first-order chi connectivity index (χ1) is 11.5. The van der Waals surface area contributed by atoms with Gasteiger partial charge in [0.2, 0.25) is 0 Å². The van der Waals surface area contributed by atoms with Gasteiger partial charge in [0.15, 0.2) is 0 Å². The van der Waals surface area contributed by atoms with Gasteiger partial charge in [0.25, 0.3) is 5.91 Å². The van der Waals surface area contributed by atoms with Crippen molar-refractivity contribution < 1.29 is 14.3 Å². The lowest BCUT2D eigenvalue weighted by atomic mass is 10.1. The third-order valence-electron chi connectivity index (χ3n) is 4.12. The van der Waals surface area contributed by atoms with E-state index in [0.717, 1.165) is 17.1 Å². The molecular formula is C18H19N3O3. The Kier molecular flexibility index (Phi) is 4.20. The standard InChI is InChI=1S/C18H19N3O3/c1-20(2)16-9-8-13(11-19-16)17(22)21-14-7-5-4-6-12(14)10-15(21)18(23)24-3/h4-9,11,15H,10H2,1-3H3/t15-/m0/s1. The highest BCUT2D eigenvalue weighted by molar-refractivity contribution is 6.11. The fourth-order valence-electron chi connectivity index (χ4n) is 2.88. The summed E-state index contributed by atoms with van der Waals surface area (Å²) in [6, 6.07) is 10.4. The number of amides is 1. The lowest BCUT2D eigenvalue weighted by molar-refractivity contribution is -0.141. The van der Waals surface area contributed by atoms with E-state index in [9.17, 15) is 9.59 Å². The molecule has 0 radical (unpaired) electrons. The zero-order valence-corrected chi connectivity index (χ0v) is 13.9. The molecule has 0 fully saturated rings. The Labute approximate surface area is 140 Å². The average Bonchev–Trinajstić information content (AvgIpc) is 3.00. The second-order valence-electron chi connectivity index (χ2n) is 5.85. The molecule has 2 aromatic rings. The summed E-state index contributed by atoms with van der Waals surface area (Å²) in [5, 5.41) is 0. The summed E-state index contributed by atoms with van der Waals surface area (Å²) in [5.74, 6) is 0.0865. The third kappa shape index (κ3) is 2.71. The molecule has 1 aromatic heterocycles. The molecule has 1 amide bonds. The van der Waals surface area contributed by atoms with Crippen LogP contribution < -0.4 is 9.80 Å². The van der Waals surface area contributed by atoms with Gasteiger partial charge in [-0.1, -0.05) is 18.2 Å². The van der Waals surface area contributed by atoms with Crippen LogP contribution in [-0.4, -0.2) is 44.1 Å². The van der Waals surface area contributed by atoms with E-state index in [-0.39, 0.29) is 5.91 Å². The molecule has 0 N–H and O–H groups in total. The summed E-state index contributed by atoms with van der Waals surface area (Å²) in [4.78, 5) is 32.8. The van der Waals surface area contributed by atoms with Crippen molar-refractivity contribution in [1.29, 1.82) is 0 Å². The molecule has 3 rings (SSSR count). The maximum atomic E-state index is 13.0. The molecule has 0 saturated heterocycles. The molecule has 0 aliphatic carbocycles. The Morgan fingerprint density at radius 2 is 1.96 bits per heavy atom. The van der Waals surface area contributed by atoms with Gasteiger partial charge >= 0.3 is 5.97 Å². The number of ether oxygens (including phenoxy) is 1. The van der Waals surface area contributed by atoms with Crippen molar-refractivity contribution in [2.24, 2.45) is 0 Å². The molecule has 124 valence electrons. The van der Waals surface area contributed by atoms with Crippen molar-refractivity contribution >= 4 is 23.4 Å². The van der Waals surface area contributed by atoms with E-state index in [4.69, 9.17) is 4.74 Å². The van der Waals surface area contributed by atoms with Gasteiger partial charge in [-0.25, -0.2) is 9.78 Å². The number of anilines is 2. The number of aromatic nitrogens is 1. The predicted molar refractivity (Wildman–Crippen MR) is 91.3 cm³/mol. The van der Waals surface area contributed by atoms with Gasteiger partial charge < -0.3 is 9.64 Å². The van der Waals surface area contributed by atoms with Gasteiger partial charge in [-0.2, -0.15) is 0 Å². The maximum absolute atomic E-state index is 13.0. The molecule has 0 saturated carbocycles. The summed E-state index contributed by atoms with van der Waals surface area (Å²) < 4.78 is 4.88. The summed E-state index contributed by atoms with van der Waals surface area (Å²) in [7, 11) is 5.10. The number of carbonyl (C=O) groups is 2. The Morgan fingerprint density at radius 3 is 2.58 bits per heavy atom. The second-order valence-corrected chi connectivity index (χ2v) is 5.85. The van der Waals surface area contributed by atoms with E-state index in [2.05, 4.69) is 4.98 Å². The first-order valence-corrected chi connectivity index (χ1v) is 7.65. The van der Waals surface area contributed by atoms with Crippen molar-refractivity contribution in [3.63, 3.8) is 0 Å². The molecule has 1 aliphatic heterocycles. The summed E-state index contributed by atoms with van der Waals surface area (Å²) in [5.41, 5.74) is 2.14. The van der Waals surface area contributed by atoms with Gasteiger partial charge in [0.05, 0.1) is 12.7 Å². The smallest absolute Gasteiger partial charge is 0.329 e. The summed E-state index contributed by atoms with van der Waals surface area (Å²) in [6.07, 6.45) is 1.99. The summed E-state index contributed by atoms with van der Waals surface area (Å²) >= 11 is 0.